The number of ether oxygens (including phenoxy) is 1. The Morgan fingerprint density at radius 2 is 1.80 bits per heavy atom. The SMILES string of the molecule is CC(=O)N(CCNS(=O)(=O)c1ccc(OC2CCCC2)cc1)C1CC1. The van der Waals surface area contributed by atoms with E-state index in [1.54, 1.807) is 29.2 Å². The number of nitrogens with one attached hydrogen (secondary N) is 1. The first-order chi connectivity index (χ1) is 12.0. The van der Waals surface area contributed by atoms with Gasteiger partial charge in [0.2, 0.25) is 15.9 Å². The molecule has 0 radical (unpaired) electrons. The van der Waals surface area contributed by atoms with Crippen LogP contribution in [0, 0.1) is 0 Å². The normalized spacial score (nSPS) is 18.3. The van der Waals surface area contributed by atoms with Gasteiger partial charge in [-0.25, -0.2) is 13.1 Å². The molecular formula is C18H26N2O4S. The molecule has 25 heavy (non-hydrogen) atoms. The highest BCUT2D eigenvalue weighted by molar-refractivity contribution is 7.89. The van der Waals surface area contributed by atoms with Crippen molar-refractivity contribution in [3.8, 4) is 5.75 Å². The fourth-order valence-corrected chi connectivity index (χ4v) is 4.28. The molecule has 7 heteroatoms. The summed E-state index contributed by atoms with van der Waals surface area (Å²) >= 11 is 0. The van der Waals surface area contributed by atoms with E-state index in [1.807, 2.05) is 0 Å². The highest BCUT2D eigenvalue weighted by Crippen LogP contribution is 2.27. The number of hydrogen-bond acceptors (Lipinski definition) is 4. The van der Waals surface area contributed by atoms with Crippen LogP contribution in [0.4, 0.5) is 0 Å². The number of benzene rings is 1. The minimum absolute atomic E-state index is 0.00453. The summed E-state index contributed by atoms with van der Waals surface area (Å²) < 4.78 is 33.2. The summed E-state index contributed by atoms with van der Waals surface area (Å²) in [6.07, 6.45) is 6.78. The Bertz CT molecular complexity index is 692. The van der Waals surface area contributed by atoms with Gasteiger partial charge in [0.05, 0.1) is 11.0 Å². The average Bonchev–Trinajstić information content (AvgIpc) is 3.28. The van der Waals surface area contributed by atoms with Gasteiger partial charge in [-0.15, -0.1) is 0 Å². The lowest BCUT2D eigenvalue weighted by Gasteiger charge is -2.20. The Hall–Kier alpha value is -1.60. The van der Waals surface area contributed by atoms with E-state index >= 15 is 0 Å². The van der Waals surface area contributed by atoms with Gasteiger partial charge in [0.1, 0.15) is 5.75 Å². The van der Waals surface area contributed by atoms with Crippen molar-refractivity contribution in [3.63, 3.8) is 0 Å². The van der Waals surface area contributed by atoms with Crippen molar-refractivity contribution in [1.82, 2.24) is 9.62 Å². The van der Waals surface area contributed by atoms with E-state index in [4.69, 9.17) is 4.74 Å². The lowest BCUT2D eigenvalue weighted by molar-refractivity contribution is -0.129. The van der Waals surface area contributed by atoms with E-state index in [0.717, 1.165) is 25.7 Å². The van der Waals surface area contributed by atoms with Crippen LogP contribution in [0.3, 0.4) is 0 Å². The zero-order valence-electron chi connectivity index (χ0n) is 14.6. The van der Waals surface area contributed by atoms with Crippen LogP contribution < -0.4 is 9.46 Å². The highest BCUT2D eigenvalue weighted by Gasteiger charge is 2.30. The highest BCUT2D eigenvalue weighted by atomic mass is 32.2. The molecule has 0 aromatic heterocycles. The molecule has 1 aromatic carbocycles. The molecule has 0 bridgehead atoms. The van der Waals surface area contributed by atoms with Crippen molar-refractivity contribution >= 4 is 15.9 Å². The first-order valence-corrected chi connectivity index (χ1v) is 10.5. The Balaban J connectivity index is 1.53. The third kappa shape index (κ3) is 4.95. The zero-order chi connectivity index (χ0) is 17.9. The Morgan fingerprint density at radius 3 is 2.36 bits per heavy atom. The molecule has 0 spiro atoms. The van der Waals surface area contributed by atoms with E-state index in [9.17, 15) is 13.2 Å². The molecule has 2 aliphatic carbocycles. The Kier molecular flexibility index (Phi) is 5.64. The second-order valence-electron chi connectivity index (χ2n) is 6.84. The molecule has 1 aromatic rings. The van der Waals surface area contributed by atoms with Crippen LogP contribution in [0.5, 0.6) is 5.75 Å². The number of amides is 1. The molecule has 0 aliphatic heterocycles. The quantitative estimate of drug-likeness (QED) is 0.766. The van der Waals surface area contributed by atoms with Gasteiger partial charge in [-0.05, 0) is 62.8 Å². The van der Waals surface area contributed by atoms with Crippen LogP contribution in [0.2, 0.25) is 0 Å². The fourth-order valence-electron chi connectivity index (χ4n) is 3.26. The summed E-state index contributed by atoms with van der Waals surface area (Å²) in [5.41, 5.74) is 0. The summed E-state index contributed by atoms with van der Waals surface area (Å²) in [4.78, 5) is 13.5. The average molecular weight is 366 g/mol. The summed E-state index contributed by atoms with van der Waals surface area (Å²) in [6.45, 7) is 2.15. The van der Waals surface area contributed by atoms with E-state index in [0.29, 0.717) is 12.3 Å². The molecular weight excluding hydrogens is 340 g/mol. The predicted molar refractivity (Wildman–Crippen MR) is 94.9 cm³/mol. The zero-order valence-corrected chi connectivity index (χ0v) is 15.4. The maximum absolute atomic E-state index is 12.4. The van der Waals surface area contributed by atoms with Gasteiger partial charge in [-0.3, -0.25) is 4.79 Å². The minimum Gasteiger partial charge on any atom is -0.490 e. The summed E-state index contributed by atoms with van der Waals surface area (Å²) in [7, 11) is -3.57. The van der Waals surface area contributed by atoms with E-state index in [2.05, 4.69) is 4.72 Å². The Morgan fingerprint density at radius 1 is 1.16 bits per heavy atom. The smallest absolute Gasteiger partial charge is 0.240 e. The van der Waals surface area contributed by atoms with Crippen LogP contribution >= 0.6 is 0 Å². The van der Waals surface area contributed by atoms with Gasteiger partial charge in [0.15, 0.2) is 0 Å². The molecule has 0 atom stereocenters. The van der Waals surface area contributed by atoms with Gasteiger partial charge in [-0.2, -0.15) is 0 Å². The van der Waals surface area contributed by atoms with Crippen LogP contribution in [0.15, 0.2) is 29.2 Å². The number of sulfonamides is 1. The van der Waals surface area contributed by atoms with Gasteiger partial charge in [0.25, 0.3) is 0 Å². The molecule has 0 heterocycles. The third-order valence-electron chi connectivity index (χ3n) is 4.78. The maximum Gasteiger partial charge on any atom is 0.240 e. The van der Waals surface area contributed by atoms with Crippen LogP contribution in [-0.4, -0.2) is 44.5 Å². The number of nitrogens with zero attached hydrogens (tertiary/aromatic N) is 1. The second kappa shape index (κ2) is 7.74. The van der Waals surface area contributed by atoms with Gasteiger partial charge < -0.3 is 9.64 Å². The molecule has 2 fully saturated rings. The fraction of sp³-hybridized carbons (Fsp3) is 0.611. The van der Waals surface area contributed by atoms with Gasteiger partial charge in [-0.1, -0.05) is 0 Å². The molecule has 1 N–H and O–H groups in total. The summed E-state index contributed by atoms with van der Waals surface area (Å²) in [5, 5.41) is 0. The molecule has 0 saturated heterocycles. The molecule has 138 valence electrons. The largest absolute Gasteiger partial charge is 0.490 e. The number of carbonyl (C=O) groups excluding carboxylic acids is 1. The first kappa shape index (κ1) is 18.2. The van der Waals surface area contributed by atoms with Crippen LogP contribution in [0.1, 0.15) is 45.4 Å². The standard InChI is InChI=1S/C18H26N2O4S/c1-14(21)20(15-6-7-15)13-12-19-25(22,23)18-10-8-17(9-11-18)24-16-4-2-3-5-16/h8-11,15-16,19H,2-7,12-13H2,1H3. The molecule has 2 aliphatic rings. The number of rotatable bonds is 8. The maximum atomic E-state index is 12.4. The van der Waals surface area contributed by atoms with Crippen LogP contribution in [-0.2, 0) is 14.8 Å². The topological polar surface area (TPSA) is 75.7 Å². The van der Waals surface area contributed by atoms with Crippen molar-refractivity contribution < 1.29 is 17.9 Å². The van der Waals surface area contributed by atoms with E-state index in [-0.39, 0.29) is 29.5 Å². The number of hydrogen-bond donors (Lipinski definition) is 1. The summed E-state index contributed by atoms with van der Waals surface area (Å²) in [5.74, 6) is 0.706. The van der Waals surface area contributed by atoms with Crippen molar-refractivity contribution in [3.05, 3.63) is 24.3 Å². The van der Waals surface area contributed by atoms with Crippen LogP contribution in [0.25, 0.3) is 0 Å². The van der Waals surface area contributed by atoms with Gasteiger partial charge >= 0.3 is 0 Å². The minimum atomic E-state index is -3.57. The first-order valence-electron chi connectivity index (χ1n) is 8.99. The Labute approximate surface area is 149 Å². The summed E-state index contributed by atoms with van der Waals surface area (Å²) in [6, 6.07) is 6.83. The van der Waals surface area contributed by atoms with Crippen molar-refractivity contribution in [1.29, 1.82) is 0 Å². The van der Waals surface area contributed by atoms with E-state index < -0.39 is 10.0 Å². The molecule has 3 rings (SSSR count). The third-order valence-corrected chi connectivity index (χ3v) is 6.25. The van der Waals surface area contributed by atoms with Crippen molar-refractivity contribution in [2.75, 3.05) is 13.1 Å². The molecule has 6 nitrogen and oxygen atoms in total. The predicted octanol–water partition coefficient (Wildman–Crippen LogP) is 2.30. The van der Waals surface area contributed by atoms with Gasteiger partial charge in [0, 0.05) is 26.1 Å². The lowest BCUT2D eigenvalue weighted by atomic mass is 10.3. The van der Waals surface area contributed by atoms with E-state index in [1.165, 1.54) is 19.8 Å². The molecule has 0 unspecified atom stereocenters. The lowest BCUT2D eigenvalue weighted by Crippen LogP contribution is -2.38. The molecule has 1 amide bonds. The van der Waals surface area contributed by atoms with Crippen molar-refractivity contribution in [2.45, 2.75) is 62.5 Å². The second-order valence-corrected chi connectivity index (χ2v) is 8.60. The van der Waals surface area contributed by atoms with Crippen molar-refractivity contribution in [2.24, 2.45) is 0 Å². The molecule has 2 saturated carbocycles. The number of carbonyl (C=O) groups is 1. The monoisotopic (exact) mass is 366 g/mol.